The van der Waals surface area contributed by atoms with Gasteiger partial charge in [-0.25, -0.2) is 0 Å². The summed E-state index contributed by atoms with van der Waals surface area (Å²) < 4.78 is 1.27. The van der Waals surface area contributed by atoms with Crippen molar-refractivity contribution in [2.24, 2.45) is 0 Å². The molecule has 1 fully saturated rings. The van der Waals surface area contributed by atoms with E-state index in [1.54, 1.807) is 11.3 Å². The quantitative estimate of drug-likeness (QED) is 0.786. The molecule has 0 amide bonds. The highest BCUT2D eigenvalue weighted by Crippen LogP contribution is 2.30. The molecule has 3 heteroatoms. The average molecular weight is 260 g/mol. The zero-order chi connectivity index (χ0) is 9.42. The Bertz CT molecular complexity index is 289. The molecule has 1 aliphatic heterocycles. The van der Waals surface area contributed by atoms with Crippen LogP contribution in [0.2, 0.25) is 0 Å². The maximum atomic E-state index is 3.57. The number of halogens is 1. The van der Waals surface area contributed by atoms with Crippen LogP contribution >= 0.6 is 27.3 Å². The van der Waals surface area contributed by atoms with Crippen molar-refractivity contribution < 1.29 is 0 Å². The summed E-state index contributed by atoms with van der Waals surface area (Å²) in [5.41, 5.74) is 1.43. The third kappa shape index (κ3) is 1.83. The number of likely N-dealkylation sites (tertiary alicyclic amines) is 1. The van der Waals surface area contributed by atoms with Gasteiger partial charge in [0.15, 0.2) is 0 Å². The number of rotatable bonds is 2. The lowest BCUT2D eigenvalue weighted by molar-refractivity contribution is 0.0295. The van der Waals surface area contributed by atoms with Gasteiger partial charge >= 0.3 is 0 Å². The Balaban J connectivity index is 2.02. The monoisotopic (exact) mass is 259 g/mol. The molecule has 0 N–H and O–H groups in total. The Hall–Kier alpha value is 0.140. The van der Waals surface area contributed by atoms with Gasteiger partial charge in [-0.15, -0.1) is 0 Å². The van der Waals surface area contributed by atoms with E-state index in [9.17, 15) is 0 Å². The maximum Gasteiger partial charge on any atom is 0.0327 e. The summed E-state index contributed by atoms with van der Waals surface area (Å²) in [6.07, 6.45) is 1.35. The van der Waals surface area contributed by atoms with Crippen LogP contribution < -0.4 is 0 Å². The van der Waals surface area contributed by atoms with E-state index in [0.29, 0.717) is 0 Å². The molecular weight excluding hydrogens is 246 g/mol. The third-order valence-electron chi connectivity index (χ3n) is 2.86. The highest BCUT2D eigenvalue weighted by molar-refractivity contribution is 9.10. The van der Waals surface area contributed by atoms with Crippen LogP contribution in [0, 0.1) is 0 Å². The highest BCUT2D eigenvalue weighted by atomic mass is 79.9. The van der Waals surface area contributed by atoms with Crippen molar-refractivity contribution in [3.05, 3.63) is 20.8 Å². The van der Waals surface area contributed by atoms with Crippen LogP contribution in [0.1, 0.15) is 25.8 Å². The van der Waals surface area contributed by atoms with Crippen LogP contribution in [0.5, 0.6) is 0 Å². The number of hydrogen-bond donors (Lipinski definition) is 0. The van der Waals surface area contributed by atoms with Crippen LogP contribution in [0.3, 0.4) is 0 Å². The minimum Gasteiger partial charge on any atom is -0.294 e. The van der Waals surface area contributed by atoms with E-state index in [1.165, 1.54) is 16.5 Å². The lowest BCUT2D eigenvalue weighted by atomic mass is 9.95. The topological polar surface area (TPSA) is 3.24 Å². The highest BCUT2D eigenvalue weighted by Gasteiger charge is 2.31. The van der Waals surface area contributed by atoms with Gasteiger partial charge in [0.1, 0.15) is 0 Å². The van der Waals surface area contributed by atoms with Crippen molar-refractivity contribution in [3.63, 3.8) is 0 Å². The summed E-state index contributed by atoms with van der Waals surface area (Å²) in [4.78, 5) is 2.55. The standard InChI is InChI=1S/C10H14BrNS/c1-7-3-8(2)12(7)4-9-5-13-6-10(9)11/h5-8H,3-4H2,1-2H3. The summed E-state index contributed by atoms with van der Waals surface area (Å²) in [5.74, 6) is 0. The second-order valence-corrected chi connectivity index (χ2v) is 5.45. The minimum absolute atomic E-state index is 0.766. The number of thiophene rings is 1. The molecule has 72 valence electrons. The van der Waals surface area contributed by atoms with E-state index in [2.05, 4.69) is 45.4 Å². The molecule has 0 spiro atoms. The van der Waals surface area contributed by atoms with E-state index in [-0.39, 0.29) is 0 Å². The molecule has 2 rings (SSSR count). The largest absolute Gasteiger partial charge is 0.294 e. The lowest BCUT2D eigenvalue weighted by Crippen LogP contribution is -2.51. The zero-order valence-electron chi connectivity index (χ0n) is 7.96. The molecule has 2 heterocycles. The Labute approximate surface area is 91.9 Å². The number of hydrogen-bond acceptors (Lipinski definition) is 2. The van der Waals surface area contributed by atoms with Crippen molar-refractivity contribution in [2.75, 3.05) is 0 Å². The molecule has 1 aliphatic rings. The van der Waals surface area contributed by atoms with Gasteiger partial charge in [-0.05, 0) is 47.1 Å². The van der Waals surface area contributed by atoms with Crippen LogP contribution in [0.15, 0.2) is 15.2 Å². The first-order chi connectivity index (χ1) is 6.18. The lowest BCUT2D eigenvalue weighted by Gasteiger charge is -2.45. The summed E-state index contributed by atoms with van der Waals surface area (Å²) in [5, 5.41) is 4.40. The molecular formula is C10H14BrNS. The van der Waals surface area contributed by atoms with Crippen molar-refractivity contribution in [2.45, 2.75) is 38.9 Å². The second kappa shape index (κ2) is 3.71. The Morgan fingerprint density at radius 3 is 2.62 bits per heavy atom. The smallest absolute Gasteiger partial charge is 0.0327 e. The van der Waals surface area contributed by atoms with Gasteiger partial charge in [0.2, 0.25) is 0 Å². The van der Waals surface area contributed by atoms with Crippen LogP contribution in [-0.2, 0) is 6.54 Å². The van der Waals surface area contributed by atoms with Gasteiger partial charge < -0.3 is 0 Å². The normalized spacial score (nSPS) is 28.8. The Morgan fingerprint density at radius 2 is 2.15 bits per heavy atom. The molecule has 0 aliphatic carbocycles. The minimum atomic E-state index is 0.766. The maximum absolute atomic E-state index is 3.57. The van der Waals surface area contributed by atoms with Crippen molar-refractivity contribution >= 4 is 27.3 Å². The molecule has 1 saturated heterocycles. The molecule has 1 aromatic heterocycles. The average Bonchev–Trinajstić information content (AvgIpc) is 2.48. The van der Waals surface area contributed by atoms with E-state index in [0.717, 1.165) is 18.6 Å². The van der Waals surface area contributed by atoms with Crippen molar-refractivity contribution in [3.8, 4) is 0 Å². The summed E-state index contributed by atoms with van der Waals surface area (Å²) in [7, 11) is 0. The molecule has 0 bridgehead atoms. The van der Waals surface area contributed by atoms with Gasteiger partial charge in [-0.1, -0.05) is 0 Å². The molecule has 0 aromatic carbocycles. The van der Waals surface area contributed by atoms with Gasteiger partial charge in [0, 0.05) is 28.5 Å². The van der Waals surface area contributed by atoms with Crippen LogP contribution in [-0.4, -0.2) is 17.0 Å². The van der Waals surface area contributed by atoms with Gasteiger partial charge in [0.05, 0.1) is 0 Å². The zero-order valence-corrected chi connectivity index (χ0v) is 10.4. The van der Waals surface area contributed by atoms with Gasteiger partial charge in [-0.2, -0.15) is 11.3 Å². The number of nitrogens with zero attached hydrogens (tertiary/aromatic N) is 1. The van der Waals surface area contributed by atoms with Crippen molar-refractivity contribution in [1.29, 1.82) is 0 Å². The SMILES string of the molecule is CC1CC(C)N1Cc1cscc1Br. The van der Waals surface area contributed by atoms with E-state index in [4.69, 9.17) is 0 Å². The molecule has 2 unspecified atom stereocenters. The summed E-state index contributed by atoms with van der Waals surface area (Å²) in [6.45, 7) is 5.72. The predicted molar refractivity (Wildman–Crippen MR) is 61.1 cm³/mol. The molecule has 1 aromatic rings. The molecule has 2 atom stereocenters. The van der Waals surface area contributed by atoms with Crippen LogP contribution in [0.25, 0.3) is 0 Å². The molecule has 0 saturated carbocycles. The van der Waals surface area contributed by atoms with Gasteiger partial charge in [-0.3, -0.25) is 4.90 Å². The fourth-order valence-corrected chi connectivity index (χ4v) is 3.41. The predicted octanol–water partition coefficient (Wildman–Crippen LogP) is 3.49. The molecule has 13 heavy (non-hydrogen) atoms. The summed E-state index contributed by atoms with van der Waals surface area (Å²) in [6, 6.07) is 1.53. The Kier molecular flexibility index (Phi) is 2.77. The van der Waals surface area contributed by atoms with Gasteiger partial charge in [0.25, 0.3) is 0 Å². The fraction of sp³-hybridized carbons (Fsp3) is 0.600. The third-order valence-corrected chi connectivity index (χ3v) is 4.69. The van der Waals surface area contributed by atoms with E-state index in [1.807, 2.05) is 0 Å². The van der Waals surface area contributed by atoms with Crippen LogP contribution in [0.4, 0.5) is 0 Å². The first-order valence-corrected chi connectivity index (χ1v) is 6.38. The first kappa shape index (κ1) is 9.69. The first-order valence-electron chi connectivity index (χ1n) is 4.65. The fourth-order valence-electron chi connectivity index (χ4n) is 1.99. The van der Waals surface area contributed by atoms with E-state index < -0.39 is 0 Å². The second-order valence-electron chi connectivity index (χ2n) is 3.85. The molecule has 0 radical (unpaired) electrons. The van der Waals surface area contributed by atoms with Crippen molar-refractivity contribution in [1.82, 2.24) is 4.90 Å². The molecule has 1 nitrogen and oxygen atoms in total. The summed E-state index contributed by atoms with van der Waals surface area (Å²) >= 11 is 5.34. The van der Waals surface area contributed by atoms with E-state index >= 15 is 0 Å². The Morgan fingerprint density at radius 1 is 1.46 bits per heavy atom.